The quantitative estimate of drug-likeness (QED) is 0.308. The first-order valence-electron chi connectivity index (χ1n) is 3.96. The molecule has 1 aliphatic heterocycles. The molecule has 5 N–H and O–H groups in total. The van der Waals surface area contributed by atoms with E-state index in [1.807, 2.05) is 0 Å². The molecule has 1 fully saturated rings. The van der Waals surface area contributed by atoms with Crippen molar-refractivity contribution in [1.82, 2.24) is 0 Å². The van der Waals surface area contributed by atoms with Gasteiger partial charge in [0, 0.05) is 0 Å². The van der Waals surface area contributed by atoms with Crippen molar-refractivity contribution in [2.75, 3.05) is 6.61 Å². The Kier molecular flexibility index (Phi) is 2.91. The molecule has 0 spiro atoms. The van der Waals surface area contributed by atoms with Crippen LogP contribution >= 0.6 is 0 Å². The molecule has 0 aromatic rings. The van der Waals surface area contributed by atoms with Crippen LogP contribution in [-0.4, -0.2) is 62.3 Å². The largest absolute Gasteiger partial charge is 0.393 e. The first-order valence-corrected chi connectivity index (χ1v) is 3.96. The Bertz CT molecular complexity index is 186. The van der Waals surface area contributed by atoms with Gasteiger partial charge in [-0.05, 0) is 6.92 Å². The van der Waals surface area contributed by atoms with E-state index in [2.05, 4.69) is 0 Å². The van der Waals surface area contributed by atoms with Crippen LogP contribution in [0.4, 0.5) is 0 Å². The van der Waals surface area contributed by atoms with E-state index in [-0.39, 0.29) is 0 Å². The van der Waals surface area contributed by atoms with Gasteiger partial charge in [0.2, 0.25) is 0 Å². The Balaban J connectivity index is 2.85. The van der Waals surface area contributed by atoms with Crippen LogP contribution < -0.4 is 0 Å². The van der Waals surface area contributed by atoms with Crippen molar-refractivity contribution >= 4 is 0 Å². The highest BCUT2D eigenvalue weighted by Crippen LogP contribution is 2.28. The number of hydrogen-bond donors (Lipinski definition) is 5. The van der Waals surface area contributed by atoms with Gasteiger partial charge >= 0.3 is 0 Å². The molecule has 0 amide bonds. The first-order chi connectivity index (χ1) is 5.93. The van der Waals surface area contributed by atoms with Crippen LogP contribution in [0.5, 0.6) is 0 Å². The maximum Gasteiger partial charge on any atom is 0.189 e. The van der Waals surface area contributed by atoms with Gasteiger partial charge in [-0.2, -0.15) is 0 Å². The van der Waals surface area contributed by atoms with Crippen molar-refractivity contribution in [2.45, 2.75) is 37.1 Å². The fourth-order valence-electron chi connectivity index (χ4n) is 1.27. The average Bonchev–Trinajstić information content (AvgIpc) is 2.11. The summed E-state index contributed by atoms with van der Waals surface area (Å²) in [4.78, 5) is 0. The summed E-state index contributed by atoms with van der Waals surface area (Å²) >= 11 is 0. The molecule has 0 radical (unpaired) electrons. The van der Waals surface area contributed by atoms with E-state index >= 15 is 0 Å². The summed E-state index contributed by atoms with van der Waals surface area (Å²) in [5.41, 5.74) is -2.22. The predicted molar refractivity (Wildman–Crippen MR) is 40.6 cm³/mol. The van der Waals surface area contributed by atoms with Crippen LogP contribution in [0.3, 0.4) is 0 Å². The minimum atomic E-state index is -2.22. The first kappa shape index (κ1) is 10.8. The molecular formula is C7H14O6. The molecule has 0 aliphatic carbocycles. The lowest BCUT2D eigenvalue weighted by molar-refractivity contribution is -0.329. The zero-order valence-corrected chi connectivity index (χ0v) is 7.16. The third kappa shape index (κ3) is 1.56. The molecule has 0 aromatic carbocycles. The number of ether oxygens (including phenoxy) is 1. The molecule has 5 atom stereocenters. The van der Waals surface area contributed by atoms with Crippen molar-refractivity contribution in [3.8, 4) is 0 Å². The molecule has 6 nitrogen and oxygen atoms in total. The summed E-state index contributed by atoms with van der Waals surface area (Å²) in [5.74, 6) is 0. The van der Waals surface area contributed by atoms with Crippen LogP contribution in [0.2, 0.25) is 0 Å². The van der Waals surface area contributed by atoms with Gasteiger partial charge in [-0.3, -0.25) is 0 Å². The van der Waals surface area contributed by atoms with Gasteiger partial charge in [-0.1, -0.05) is 0 Å². The molecule has 0 bridgehead atoms. The Morgan fingerprint density at radius 1 is 1.31 bits per heavy atom. The van der Waals surface area contributed by atoms with Crippen molar-refractivity contribution in [2.24, 2.45) is 0 Å². The zero-order valence-electron chi connectivity index (χ0n) is 7.16. The fraction of sp³-hybridized carbons (Fsp3) is 1.00. The van der Waals surface area contributed by atoms with Gasteiger partial charge in [-0.15, -0.1) is 0 Å². The number of hydrogen-bond acceptors (Lipinski definition) is 6. The van der Waals surface area contributed by atoms with E-state index < -0.39 is 36.8 Å². The lowest BCUT2D eigenvalue weighted by atomic mass is 9.87. The normalized spacial score (nSPS) is 52.2. The lowest BCUT2D eigenvalue weighted by Crippen LogP contribution is -2.67. The summed E-state index contributed by atoms with van der Waals surface area (Å²) in [6.07, 6.45) is -5.46. The molecule has 78 valence electrons. The SMILES string of the molecule is C[C@H]1O[C@H](O)[C@](O)(CO)[C@@H](O)[C@@H]1O. The second-order valence-corrected chi connectivity index (χ2v) is 3.28. The monoisotopic (exact) mass is 194 g/mol. The smallest absolute Gasteiger partial charge is 0.189 e. The van der Waals surface area contributed by atoms with E-state index in [9.17, 15) is 20.4 Å². The second kappa shape index (κ2) is 3.49. The van der Waals surface area contributed by atoms with Gasteiger partial charge in [0.05, 0.1) is 12.7 Å². The summed E-state index contributed by atoms with van der Waals surface area (Å²) in [5, 5.41) is 46.0. The van der Waals surface area contributed by atoms with Crippen LogP contribution in [0.15, 0.2) is 0 Å². The molecule has 6 heteroatoms. The molecular weight excluding hydrogens is 180 g/mol. The Labute approximate surface area is 75.0 Å². The minimum Gasteiger partial charge on any atom is -0.393 e. The molecule has 0 unspecified atom stereocenters. The van der Waals surface area contributed by atoms with E-state index in [1.54, 1.807) is 0 Å². The number of rotatable bonds is 1. The maximum absolute atomic E-state index is 9.47. The van der Waals surface area contributed by atoms with Crippen LogP contribution in [0, 0.1) is 0 Å². The van der Waals surface area contributed by atoms with Crippen LogP contribution in [0.25, 0.3) is 0 Å². The number of aliphatic hydroxyl groups is 5. The highest BCUT2D eigenvalue weighted by molar-refractivity contribution is 4.98. The highest BCUT2D eigenvalue weighted by Gasteiger charge is 2.52. The Hall–Kier alpha value is -0.240. The third-order valence-corrected chi connectivity index (χ3v) is 2.34. The van der Waals surface area contributed by atoms with Gasteiger partial charge in [0.25, 0.3) is 0 Å². The van der Waals surface area contributed by atoms with Crippen molar-refractivity contribution in [1.29, 1.82) is 0 Å². The topological polar surface area (TPSA) is 110 Å². The fourth-order valence-corrected chi connectivity index (χ4v) is 1.27. The second-order valence-electron chi connectivity index (χ2n) is 3.28. The van der Waals surface area contributed by atoms with E-state index in [1.165, 1.54) is 6.92 Å². The molecule has 1 rings (SSSR count). The summed E-state index contributed by atoms with van der Waals surface area (Å²) in [6.45, 7) is 0.549. The van der Waals surface area contributed by atoms with Crippen molar-refractivity contribution in [3.63, 3.8) is 0 Å². The van der Waals surface area contributed by atoms with E-state index in [0.29, 0.717) is 0 Å². The molecule has 0 saturated carbocycles. The zero-order chi connectivity index (χ0) is 10.2. The maximum atomic E-state index is 9.47. The Morgan fingerprint density at radius 3 is 2.31 bits per heavy atom. The number of aliphatic hydroxyl groups excluding tert-OH is 4. The average molecular weight is 194 g/mol. The molecule has 1 aliphatic rings. The van der Waals surface area contributed by atoms with Crippen LogP contribution in [-0.2, 0) is 4.74 Å². The standard InChI is InChI=1S/C7H14O6/c1-3-4(9)5(10)7(12,2-8)6(11)13-3/h3-6,8-12H,2H2,1H3/t3-,4-,5+,6+,7+/m1/s1. The molecule has 0 aromatic heterocycles. The molecule has 1 saturated heterocycles. The summed E-state index contributed by atoms with van der Waals surface area (Å²) in [6, 6.07) is 0. The predicted octanol–water partition coefficient (Wildman–Crippen LogP) is -2.83. The lowest BCUT2D eigenvalue weighted by Gasteiger charge is -2.44. The Morgan fingerprint density at radius 2 is 1.85 bits per heavy atom. The third-order valence-electron chi connectivity index (χ3n) is 2.34. The van der Waals surface area contributed by atoms with Crippen molar-refractivity contribution < 1.29 is 30.3 Å². The van der Waals surface area contributed by atoms with Gasteiger partial charge in [0.15, 0.2) is 11.9 Å². The van der Waals surface area contributed by atoms with Gasteiger partial charge in [-0.25, -0.2) is 0 Å². The van der Waals surface area contributed by atoms with Crippen molar-refractivity contribution in [3.05, 3.63) is 0 Å². The minimum absolute atomic E-state index is 0.795. The van der Waals surface area contributed by atoms with E-state index in [4.69, 9.17) is 9.84 Å². The summed E-state index contributed by atoms with van der Waals surface area (Å²) < 4.78 is 4.71. The molecule has 1 heterocycles. The molecule has 13 heavy (non-hydrogen) atoms. The van der Waals surface area contributed by atoms with E-state index in [0.717, 1.165) is 0 Å². The van der Waals surface area contributed by atoms with Crippen LogP contribution in [0.1, 0.15) is 6.92 Å². The van der Waals surface area contributed by atoms with Gasteiger partial charge < -0.3 is 30.3 Å². The summed E-state index contributed by atoms with van der Waals surface area (Å²) in [7, 11) is 0. The highest BCUT2D eigenvalue weighted by atomic mass is 16.6. The van der Waals surface area contributed by atoms with Gasteiger partial charge in [0.1, 0.15) is 12.2 Å².